The molecule has 0 amide bonds. The van der Waals surface area contributed by atoms with E-state index >= 15 is 0 Å². The molecule has 33 heavy (non-hydrogen) atoms. The third kappa shape index (κ3) is 5.46. The number of carbonyl (C=O) groups excluding carboxylic acids is 1. The molecule has 1 aromatic heterocycles. The van der Waals surface area contributed by atoms with E-state index in [1.807, 2.05) is 4.90 Å². The highest BCUT2D eigenvalue weighted by molar-refractivity contribution is 5.73. The maximum absolute atomic E-state index is 14.5. The summed E-state index contributed by atoms with van der Waals surface area (Å²) in [5.41, 5.74) is 0.310. The number of hydrogen-bond donors (Lipinski definition) is 0. The zero-order chi connectivity index (χ0) is 23.6. The van der Waals surface area contributed by atoms with Crippen LogP contribution in [0.1, 0.15) is 54.0 Å². The molecule has 4 rings (SSSR count). The topological polar surface area (TPSA) is 51.7 Å². The first-order valence-corrected chi connectivity index (χ1v) is 11.0. The first-order chi connectivity index (χ1) is 15.7. The van der Waals surface area contributed by atoms with Gasteiger partial charge in [-0.15, -0.1) is 0 Å². The van der Waals surface area contributed by atoms with Crippen LogP contribution in [0.4, 0.5) is 17.6 Å². The fourth-order valence-corrected chi connectivity index (χ4v) is 4.57. The lowest BCUT2D eigenvalue weighted by Crippen LogP contribution is -2.50. The summed E-state index contributed by atoms with van der Waals surface area (Å²) in [6.07, 6.45) is 0.366. The Balaban J connectivity index is 1.38. The number of rotatable bonds is 7. The predicted octanol–water partition coefficient (Wildman–Crippen LogP) is 5.08. The SMILES string of the molecule is COC(=O)C1CN(Cc2ncc(OCc3ccc(C4CCCC4)c(C(F)(F)F)c3)cc2F)C1. The summed E-state index contributed by atoms with van der Waals surface area (Å²) in [5, 5.41) is 0. The number of hydrogen-bond acceptors (Lipinski definition) is 5. The van der Waals surface area contributed by atoms with Gasteiger partial charge in [0.15, 0.2) is 0 Å². The molecule has 2 aromatic rings. The molecule has 178 valence electrons. The molecule has 0 spiro atoms. The van der Waals surface area contributed by atoms with Gasteiger partial charge in [-0.05, 0) is 36.0 Å². The zero-order valence-electron chi connectivity index (χ0n) is 18.3. The first-order valence-electron chi connectivity index (χ1n) is 11.0. The molecule has 2 heterocycles. The maximum atomic E-state index is 14.5. The average molecular weight is 466 g/mol. The fourth-order valence-electron chi connectivity index (χ4n) is 4.57. The highest BCUT2D eigenvalue weighted by atomic mass is 19.4. The number of halogens is 4. The third-order valence-corrected chi connectivity index (χ3v) is 6.38. The summed E-state index contributed by atoms with van der Waals surface area (Å²) >= 11 is 0. The number of pyridine rings is 1. The van der Waals surface area contributed by atoms with Gasteiger partial charge in [0.25, 0.3) is 0 Å². The first kappa shape index (κ1) is 23.5. The highest BCUT2D eigenvalue weighted by Crippen LogP contribution is 2.42. The van der Waals surface area contributed by atoms with Gasteiger partial charge < -0.3 is 9.47 Å². The van der Waals surface area contributed by atoms with Crippen molar-refractivity contribution in [3.05, 3.63) is 58.7 Å². The number of alkyl halides is 3. The van der Waals surface area contributed by atoms with Crippen LogP contribution in [-0.2, 0) is 28.9 Å². The minimum absolute atomic E-state index is 0.0586. The second-order valence-electron chi connectivity index (χ2n) is 8.70. The van der Waals surface area contributed by atoms with Crippen molar-refractivity contribution in [2.45, 2.75) is 50.9 Å². The second kappa shape index (κ2) is 9.67. The van der Waals surface area contributed by atoms with Crippen LogP contribution in [0.25, 0.3) is 0 Å². The molecule has 1 saturated heterocycles. The Hall–Kier alpha value is -2.68. The van der Waals surface area contributed by atoms with Crippen molar-refractivity contribution in [1.82, 2.24) is 9.88 Å². The molecule has 0 bridgehead atoms. The van der Waals surface area contributed by atoms with E-state index in [0.29, 0.717) is 24.2 Å². The van der Waals surface area contributed by atoms with Gasteiger partial charge in [0.2, 0.25) is 0 Å². The fraction of sp³-hybridized carbons (Fsp3) is 0.500. The summed E-state index contributed by atoms with van der Waals surface area (Å²) in [6, 6.07) is 5.50. The summed E-state index contributed by atoms with van der Waals surface area (Å²) in [4.78, 5) is 17.4. The molecular formula is C24H26F4N2O3. The second-order valence-corrected chi connectivity index (χ2v) is 8.70. The number of nitrogens with zero attached hydrogens (tertiary/aromatic N) is 2. The molecule has 9 heteroatoms. The smallest absolute Gasteiger partial charge is 0.416 e. The van der Waals surface area contributed by atoms with Gasteiger partial charge in [-0.3, -0.25) is 14.7 Å². The van der Waals surface area contributed by atoms with Gasteiger partial charge in [0, 0.05) is 25.7 Å². The minimum Gasteiger partial charge on any atom is -0.487 e. The standard InChI is InChI=1S/C24H26F4N2O3/c1-32-23(31)17-11-30(12-17)13-22-21(25)9-18(10-29-22)33-14-15-6-7-19(16-4-2-3-5-16)20(8-15)24(26,27)28/h6-10,16-17H,2-5,11-14H2,1H3. The number of methoxy groups -OCH3 is 1. The van der Waals surface area contributed by atoms with E-state index in [-0.39, 0.29) is 42.4 Å². The lowest BCUT2D eigenvalue weighted by Gasteiger charge is -2.37. The van der Waals surface area contributed by atoms with E-state index in [2.05, 4.69) is 9.72 Å². The maximum Gasteiger partial charge on any atom is 0.416 e. The van der Waals surface area contributed by atoms with Crippen molar-refractivity contribution >= 4 is 5.97 Å². The van der Waals surface area contributed by atoms with Crippen molar-refractivity contribution in [1.29, 1.82) is 0 Å². The number of benzene rings is 1. The van der Waals surface area contributed by atoms with Crippen LogP contribution in [0.2, 0.25) is 0 Å². The number of likely N-dealkylation sites (tertiary alicyclic amines) is 1. The lowest BCUT2D eigenvalue weighted by atomic mass is 9.91. The van der Waals surface area contributed by atoms with Crippen LogP contribution in [-0.4, -0.2) is 36.1 Å². The van der Waals surface area contributed by atoms with Gasteiger partial charge in [0.05, 0.1) is 30.5 Å². The molecule has 0 radical (unpaired) electrons. The van der Waals surface area contributed by atoms with E-state index in [1.54, 1.807) is 12.1 Å². The predicted molar refractivity (Wildman–Crippen MR) is 112 cm³/mol. The quantitative estimate of drug-likeness (QED) is 0.421. The van der Waals surface area contributed by atoms with Crippen LogP contribution in [0.15, 0.2) is 30.5 Å². The Bertz CT molecular complexity index is 1000. The van der Waals surface area contributed by atoms with Crippen molar-refractivity contribution in [3.63, 3.8) is 0 Å². The average Bonchev–Trinajstić information content (AvgIpc) is 3.29. The minimum atomic E-state index is -4.44. The molecule has 1 aliphatic heterocycles. The van der Waals surface area contributed by atoms with Gasteiger partial charge in [0.1, 0.15) is 18.2 Å². The molecular weight excluding hydrogens is 440 g/mol. The molecule has 0 N–H and O–H groups in total. The molecule has 1 aromatic carbocycles. The molecule has 0 unspecified atom stereocenters. The summed E-state index contributed by atoms with van der Waals surface area (Å²) in [7, 11) is 1.33. The van der Waals surface area contributed by atoms with E-state index in [1.165, 1.54) is 19.4 Å². The number of esters is 1. The lowest BCUT2D eigenvalue weighted by molar-refractivity contribution is -0.151. The monoisotopic (exact) mass is 466 g/mol. The molecule has 5 nitrogen and oxygen atoms in total. The van der Waals surface area contributed by atoms with Crippen molar-refractivity contribution in [3.8, 4) is 5.75 Å². The van der Waals surface area contributed by atoms with Crippen LogP contribution < -0.4 is 4.74 Å². The Labute approximate surface area is 189 Å². The summed E-state index contributed by atoms with van der Waals surface area (Å²) < 4.78 is 65.6. The van der Waals surface area contributed by atoms with E-state index < -0.39 is 17.6 Å². The third-order valence-electron chi connectivity index (χ3n) is 6.38. The number of carbonyl (C=O) groups is 1. The van der Waals surface area contributed by atoms with E-state index in [4.69, 9.17) is 4.74 Å². The molecule has 2 fully saturated rings. The van der Waals surface area contributed by atoms with Crippen molar-refractivity contribution in [2.24, 2.45) is 5.92 Å². The molecule has 1 aliphatic carbocycles. The summed E-state index contributed by atoms with van der Waals surface area (Å²) in [6.45, 7) is 1.08. The Morgan fingerprint density at radius 1 is 1.18 bits per heavy atom. The van der Waals surface area contributed by atoms with E-state index in [0.717, 1.165) is 31.7 Å². The van der Waals surface area contributed by atoms with Crippen LogP contribution in [0, 0.1) is 11.7 Å². The highest BCUT2D eigenvalue weighted by Gasteiger charge is 2.36. The van der Waals surface area contributed by atoms with Gasteiger partial charge in [-0.1, -0.05) is 25.0 Å². The van der Waals surface area contributed by atoms with Crippen LogP contribution in [0.5, 0.6) is 5.75 Å². The van der Waals surface area contributed by atoms with Crippen LogP contribution >= 0.6 is 0 Å². The molecule has 2 aliphatic rings. The largest absolute Gasteiger partial charge is 0.487 e. The zero-order valence-corrected chi connectivity index (χ0v) is 18.3. The van der Waals surface area contributed by atoms with Gasteiger partial charge in [-0.2, -0.15) is 13.2 Å². The number of aromatic nitrogens is 1. The Morgan fingerprint density at radius 2 is 1.91 bits per heavy atom. The Kier molecular flexibility index (Phi) is 6.88. The van der Waals surface area contributed by atoms with Gasteiger partial charge >= 0.3 is 12.1 Å². The van der Waals surface area contributed by atoms with Crippen LogP contribution in [0.3, 0.4) is 0 Å². The Morgan fingerprint density at radius 3 is 2.55 bits per heavy atom. The van der Waals surface area contributed by atoms with Crippen molar-refractivity contribution in [2.75, 3.05) is 20.2 Å². The van der Waals surface area contributed by atoms with Gasteiger partial charge in [-0.25, -0.2) is 4.39 Å². The summed E-state index contributed by atoms with van der Waals surface area (Å²) in [5.74, 6) is -0.977. The molecule has 1 saturated carbocycles. The molecule has 0 atom stereocenters. The van der Waals surface area contributed by atoms with Crippen molar-refractivity contribution < 1.29 is 31.8 Å². The number of ether oxygens (including phenoxy) is 2. The normalized spacial score (nSPS) is 17.7. The van der Waals surface area contributed by atoms with E-state index in [9.17, 15) is 22.4 Å².